The maximum atomic E-state index is 12.1. The second kappa shape index (κ2) is 7.31. The topological polar surface area (TPSA) is 75.8 Å². The molecule has 0 unspecified atom stereocenters. The van der Waals surface area contributed by atoms with Crippen LogP contribution in [0.2, 0.25) is 10.0 Å². The van der Waals surface area contributed by atoms with Gasteiger partial charge in [0, 0.05) is 30.8 Å². The summed E-state index contributed by atoms with van der Waals surface area (Å²) in [7, 11) is 0. The number of halogens is 2. The Bertz CT molecular complexity index is 513. The van der Waals surface area contributed by atoms with Crippen molar-refractivity contribution < 1.29 is 14.6 Å². The van der Waals surface area contributed by atoms with Crippen molar-refractivity contribution in [3.63, 3.8) is 0 Å². The second-order valence-corrected chi connectivity index (χ2v) is 5.94. The van der Waals surface area contributed by atoms with Crippen LogP contribution in [0.25, 0.3) is 0 Å². The summed E-state index contributed by atoms with van der Waals surface area (Å²) in [6.07, 6.45) is 0.606. The number of carbonyl (C=O) groups is 1. The first-order valence-electron chi connectivity index (χ1n) is 6.73. The van der Waals surface area contributed by atoms with Crippen molar-refractivity contribution >= 4 is 29.1 Å². The van der Waals surface area contributed by atoms with Gasteiger partial charge in [0.25, 0.3) is 5.91 Å². The monoisotopic (exact) mass is 332 g/mol. The lowest BCUT2D eigenvalue weighted by Gasteiger charge is -2.17. The minimum atomic E-state index is -0.142. The van der Waals surface area contributed by atoms with E-state index >= 15 is 0 Å². The fourth-order valence-corrected chi connectivity index (χ4v) is 2.86. The summed E-state index contributed by atoms with van der Waals surface area (Å²) >= 11 is 11.8. The predicted molar refractivity (Wildman–Crippen MR) is 81.7 cm³/mol. The fourth-order valence-electron chi connectivity index (χ4n) is 2.39. The highest BCUT2D eigenvalue weighted by Crippen LogP contribution is 2.27. The summed E-state index contributed by atoms with van der Waals surface area (Å²) in [6, 6.07) is 4.74. The molecule has 21 heavy (non-hydrogen) atoms. The van der Waals surface area contributed by atoms with Gasteiger partial charge in [0.05, 0.1) is 5.02 Å². The number of nitrogens with zero attached hydrogens (tertiary/aromatic N) is 1. The van der Waals surface area contributed by atoms with Gasteiger partial charge < -0.3 is 20.5 Å². The molecule has 1 aromatic rings. The van der Waals surface area contributed by atoms with Crippen LogP contribution in [0.3, 0.4) is 0 Å². The maximum absolute atomic E-state index is 12.1. The van der Waals surface area contributed by atoms with E-state index in [1.54, 1.807) is 23.1 Å². The molecule has 0 saturated carbocycles. The molecule has 1 aromatic carbocycles. The molecular formula is C14H18Cl2N2O3. The molecule has 1 amide bonds. The number of carbonyl (C=O) groups excluding carboxylic acids is 1. The minimum Gasteiger partial charge on any atom is -0.482 e. The van der Waals surface area contributed by atoms with E-state index in [4.69, 9.17) is 38.8 Å². The van der Waals surface area contributed by atoms with E-state index < -0.39 is 0 Å². The average Bonchev–Trinajstić information content (AvgIpc) is 2.79. The first kappa shape index (κ1) is 16.4. The van der Waals surface area contributed by atoms with Crippen LogP contribution in [0.5, 0.6) is 5.75 Å². The van der Waals surface area contributed by atoms with Crippen molar-refractivity contribution in [1.82, 2.24) is 4.90 Å². The van der Waals surface area contributed by atoms with Gasteiger partial charge in [0.2, 0.25) is 0 Å². The third kappa shape index (κ3) is 4.23. The van der Waals surface area contributed by atoms with E-state index in [0.717, 1.165) is 0 Å². The first-order chi connectivity index (χ1) is 10.0. The van der Waals surface area contributed by atoms with E-state index in [1.807, 2.05) is 0 Å². The molecule has 1 aliphatic heterocycles. The SMILES string of the molecule is N[C@@H]1CN(C(=O)COc2ccc(Cl)cc2Cl)C[C@H]1CCO. The lowest BCUT2D eigenvalue weighted by Crippen LogP contribution is -2.35. The highest BCUT2D eigenvalue weighted by molar-refractivity contribution is 6.35. The minimum absolute atomic E-state index is 0.0806. The van der Waals surface area contributed by atoms with Gasteiger partial charge in [-0.15, -0.1) is 0 Å². The van der Waals surface area contributed by atoms with E-state index in [9.17, 15) is 4.79 Å². The van der Waals surface area contributed by atoms with Crippen molar-refractivity contribution in [2.45, 2.75) is 12.5 Å². The van der Waals surface area contributed by atoms with E-state index in [-0.39, 0.29) is 31.1 Å². The van der Waals surface area contributed by atoms with Crippen LogP contribution in [0, 0.1) is 5.92 Å². The van der Waals surface area contributed by atoms with Gasteiger partial charge in [-0.05, 0) is 30.5 Å². The van der Waals surface area contributed by atoms with Crippen LogP contribution >= 0.6 is 23.2 Å². The number of rotatable bonds is 5. The summed E-state index contributed by atoms with van der Waals surface area (Å²) < 4.78 is 5.42. The third-order valence-corrected chi connectivity index (χ3v) is 4.12. The molecule has 7 heteroatoms. The van der Waals surface area contributed by atoms with E-state index in [2.05, 4.69) is 0 Å². The number of aliphatic hydroxyl groups is 1. The molecule has 0 radical (unpaired) electrons. The zero-order valence-electron chi connectivity index (χ0n) is 11.5. The largest absolute Gasteiger partial charge is 0.482 e. The molecule has 5 nitrogen and oxygen atoms in total. The molecule has 1 saturated heterocycles. The molecule has 0 bridgehead atoms. The average molecular weight is 333 g/mol. The summed E-state index contributed by atoms with van der Waals surface area (Å²) in [5, 5.41) is 9.84. The Hall–Kier alpha value is -1.01. The van der Waals surface area contributed by atoms with Crippen molar-refractivity contribution in [2.75, 3.05) is 26.3 Å². The molecule has 0 spiro atoms. The summed E-state index contributed by atoms with van der Waals surface area (Å²) in [5.74, 6) is 0.416. The van der Waals surface area contributed by atoms with Crippen molar-refractivity contribution in [3.05, 3.63) is 28.2 Å². The quantitative estimate of drug-likeness (QED) is 0.857. The summed E-state index contributed by atoms with van der Waals surface area (Å²) in [5.41, 5.74) is 5.96. The van der Waals surface area contributed by atoms with Gasteiger partial charge >= 0.3 is 0 Å². The van der Waals surface area contributed by atoms with Gasteiger partial charge in [-0.1, -0.05) is 23.2 Å². The number of likely N-dealkylation sites (tertiary alicyclic amines) is 1. The molecule has 1 heterocycles. The van der Waals surface area contributed by atoms with Crippen LogP contribution < -0.4 is 10.5 Å². The van der Waals surface area contributed by atoms with Crippen LogP contribution in [-0.2, 0) is 4.79 Å². The van der Waals surface area contributed by atoms with E-state index in [0.29, 0.717) is 35.3 Å². The molecule has 1 fully saturated rings. The molecule has 116 valence electrons. The molecule has 1 aliphatic rings. The van der Waals surface area contributed by atoms with E-state index in [1.165, 1.54) is 0 Å². The van der Waals surface area contributed by atoms with Gasteiger partial charge in [-0.25, -0.2) is 0 Å². The first-order valence-corrected chi connectivity index (χ1v) is 7.49. The Kier molecular flexibility index (Phi) is 5.70. The Balaban J connectivity index is 1.88. The number of hydrogen-bond donors (Lipinski definition) is 2. The number of hydrogen-bond acceptors (Lipinski definition) is 4. The summed E-state index contributed by atoms with van der Waals surface area (Å²) in [4.78, 5) is 13.8. The van der Waals surface area contributed by atoms with Crippen molar-refractivity contribution in [2.24, 2.45) is 11.7 Å². The highest BCUT2D eigenvalue weighted by atomic mass is 35.5. The Morgan fingerprint density at radius 3 is 2.86 bits per heavy atom. The van der Waals surface area contributed by atoms with Crippen molar-refractivity contribution in [1.29, 1.82) is 0 Å². The Labute approximate surface area is 133 Å². The van der Waals surface area contributed by atoms with Crippen LogP contribution in [0.4, 0.5) is 0 Å². The molecular weight excluding hydrogens is 315 g/mol. The molecule has 0 aliphatic carbocycles. The number of aliphatic hydroxyl groups excluding tert-OH is 1. The van der Waals surface area contributed by atoms with Gasteiger partial charge in [-0.2, -0.15) is 0 Å². The van der Waals surface area contributed by atoms with Crippen LogP contribution in [-0.4, -0.2) is 48.3 Å². The zero-order valence-corrected chi connectivity index (χ0v) is 13.0. The normalized spacial score (nSPS) is 21.6. The number of ether oxygens (including phenoxy) is 1. The number of amides is 1. The standard InChI is InChI=1S/C14H18Cl2N2O3/c15-10-1-2-13(11(16)5-10)21-8-14(20)18-6-9(3-4-19)12(17)7-18/h1-2,5,9,12,19H,3-4,6-8,17H2/t9-,12-/m1/s1. The highest BCUT2D eigenvalue weighted by Gasteiger charge is 2.32. The second-order valence-electron chi connectivity index (χ2n) is 5.10. The van der Waals surface area contributed by atoms with Crippen LogP contribution in [0.1, 0.15) is 6.42 Å². The predicted octanol–water partition coefficient (Wildman–Crippen LogP) is 1.54. The number of nitrogens with two attached hydrogens (primary N) is 1. The molecule has 3 N–H and O–H groups in total. The smallest absolute Gasteiger partial charge is 0.260 e. The maximum Gasteiger partial charge on any atom is 0.260 e. The lowest BCUT2D eigenvalue weighted by atomic mass is 10.0. The van der Waals surface area contributed by atoms with Gasteiger partial charge in [0.15, 0.2) is 6.61 Å². The molecule has 2 rings (SSSR count). The zero-order chi connectivity index (χ0) is 15.4. The lowest BCUT2D eigenvalue weighted by molar-refractivity contribution is -0.132. The van der Waals surface area contributed by atoms with Crippen LogP contribution in [0.15, 0.2) is 18.2 Å². The molecule has 0 aromatic heterocycles. The third-order valence-electron chi connectivity index (χ3n) is 3.59. The molecule has 2 atom stereocenters. The summed E-state index contributed by atoms with van der Waals surface area (Å²) in [6.45, 7) is 1.02. The van der Waals surface area contributed by atoms with Gasteiger partial charge in [0.1, 0.15) is 5.75 Å². The van der Waals surface area contributed by atoms with Crippen molar-refractivity contribution in [3.8, 4) is 5.75 Å². The Morgan fingerprint density at radius 1 is 1.43 bits per heavy atom. The van der Waals surface area contributed by atoms with Gasteiger partial charge in [-0.3, -0.25) is 4.79 Å². The Morgan fingerprint density at radius 2 is 2.19 bits per heavy atom. The number of benzene rings is 1. The fraction of sp³-hybridized carbons (Fsp3) is 0.500.